The normalized spacial score (nSPS) is 25.6. The maximum absolute atomic E-state index is 12.9. The lowest BCUT2D eigenvalue weighted by atomic mass is 10.0. The van der Waals surface area contributed by atoms with Gasteiger partial charge >= 0.3 is 0 Å². The summed E-state index contributed by atoms with van der Waals surface area (Å²) in [4.78, 5) is 29.9. The molecule has 3 fully saturated rings. The van der Waals surface area contributed by atoms with Gasteiger partial charge in [-0.15, -0.1) is 0 Å². The van der Waals surface area contributed by atoms with Gasteiger partial charge in [0, 0.05) is 55.3 Å². The lowest BCUT2D eigenvalue weighted by Crippen LogP contribution is -2.54. The summed E-state index contributed by atoms with van der Waals surface area (Å²) in [6.07, 6.45) is 5.52. The SMILES string of the molecule is Cc1c(CN2CCN(C(=O)C3CCCC3)[C@@H](C)C2)cc(Cl)cc1NC(=O)CC1CCCS1(=O)=O. The van der Waals surface area contributed by atoms with Crippen molar-refractivity contribution in [2.75, 3.05) is 30.7 Å². The Bertz CT molecular complexity index is 1040. The van der Waals surface area contributed by atoms with E-state index >= 15 is 0 Å². The van der Waals surface area contributed by atoms with Gasteiger partial charge in [-0.05, 0) is 62.8 Å². The minimum Gasteiger partial charge on any atom is -0.337 e. The predicted molar refractivity (Wildman–Crippen MR) is 135 cm³/mol. The highest BCUT2D eigenvalue weighted by atomic mass is 35.5. The van der Waals surface area contributed by atoms with Gasteiger partial charge in [-0.3, -0.25) is 14.5 Å². The first kappa shape index (κ1) is 25.5. The fraction of sp³-hybridized carbons (Fsp3) is 0.680. The molecule has 0 spiro atoms. The molecular weight excluding hydrogens is 474 g/mol. The molecule has 34 heavy (non-hydrogen) atoms. The topological polar surface area (TPSA) is 86.8 Å². The molecule has 4 rings (SSSR count). The summed E-state index contributed by atoms with van der Waals surface area (Å²) in [7, 11) is -3.16. The minimum absolute atomic E-state index is 0.0158. The summed E-state index contributed by atoms with van der Waals surface area (Å²) >= 11 is 6.39. The quantitative estimate of drug-likeness (QED) is 0.630. The summed E-state index contributed by atoms with van der Waals surface area (Å²) in [5, 5.41) is 2.84. The van der Waals surface area contributed by atoms with Gasteiger partial charge in [0.25, 0.3) is 0 Å². The second-order valence-electron chi connectivity index (χ2n) is 10.2. The third-order valence-corrected chi connectivity index (χ3v) is 10.2. The fourth-order valence-electron chi connectivity index (χ4n) is 5.68. The average molecular weight is 510 g/mol. The van der Waals surface area contributed by atoms with Gasteiger partial charge in [0.1, 0.15) is 0 Å². The molecule has 3 aliphatic rings. The second kappa shape index (κ2) is 10.5. The number of amides is 2. The van der Waals surface area contributed by atoms with Gasteiger partial charge in [0.15, 0.2) is 9.84 Å². The van der Waals surface area contributed by atoms with Gasteiger partial charge in [-0.1, -0.05) is 24.4 Å². The molecule has 7 nitrogen and oxygen atoms in total. The number of hydrogen-bond donors (Lipinski definition) is 1. The van der Waals surface area contributed by atoms with Crippen LogP contribution >= 0.6 is 11.6 Å². The highest BCUT2D eigenvalue weighted by Gasteiger charge is 2.34. The van der Waals surface area contributed by atoms with E-state index in [0.717, 1.165) is 56.4 Å². The standard InChI is InChI=1S/C25H36ClN3O4S/c1-17-15-28(9-10-29(17)25(31)19-6-3-4-7-19)16-20-12-21(26)13-23(18(20)2)27-24(30)14-22-8-5-11-34(22,32)33/h12-13,17,19,22H,3-11,14-16H2,1-2H3,(H,27,30)/t17-,22?/m0/s1. The van der Waals surface area contributed by atoms with Crippen molar-refractivity contribution in [2.24, 2.45) is 5.92 Å². The van der Waals surface area contributed by atoms with E-state index in [0.29, 0.717) is 36.0 Å². The summed E-state index contributed by atoms with van der Waals surface area (Å²) in [6, 6.07) is 3.81. The Hall–Kier alpha value is -1.64. The van der Waals surface area contributed by atoms with Gasteiger partial charge in [0.2, 0.25) is 11.8 Å². The maximum atomic E-state index is 12.9. The van der Waals surface area contributed by atoms with Crippen LogP contribution in [0.15, 0.2) is 12.1 Å². The lowest BCUT2D eigenvalue weighted by molar-refractivity contribution is -0.140. The van der Waals surface area contributed by atoms with Crippen LogP contribution in [0, 0.1) is 12.8 Å². The highest BCUT2D eigenvalue weighted by Crippen LogP contribution is 2.30. The molecule has 1 aromatic carbocycles. The Morgan fingerprint density at radius 3 is 2.50 bits per heavy atom. The molecule has 0 aromatic heterocycles. The van der Waals surface area contributed by atoms with Gasteiger partial charge in [-0.25, -0.2) is 8.42 Å². The first-order valence-electron chi connectivity index (χ1n) is 12.5. The number of halogens is 1. The number of benzene rings is 1. The molecule has 1 aliphatic carbocycles. The van der Waals surface area contributed by atoms with Crippen molar-refractivity contribution >= 4 is 38.9 Å². The third-order valence-electron chi connectivity index (χ3n) is 7.72. The van der Waals surface area contributed by atoms with E-state index in [-0.39, 0.29) is 30.0 Å². The van der Waals surface area contributed by atoms with Crippen LogP contribution in [0.25, 0.3) is 0 Å². The zero-order valence-corrected chi connectivity index (χ0v) is 21.8. The highest BCUT2D eigenvalue weighted by molar-refractivity contribution is 7.92. The van der Waals surface area contributed by atoms with Gasteiger partial charge < -0.3 is 10.2 Å². The number of nitrogens with zero attached hydrogens (tertiary/aromatic N) is 2. The minimum atomic E-state index is -3.16. The Balaban J connectivity index is 1.38. The summed E-state index contributed by atoms with van der Waals surface area (Å²) in [5.74, 6) is 0.398. The smallest absolute Gasteiger partial charge is 0.226 e. The first-order chi connectivity index (χ1) is 16.1. The zero-order valence-electron chi connectivity index (χ0n) is 20.2. The van der Waals surface area contributed by atoms with Crippen molar-refractivity contribution in [2.45, 2.75) is 76.6 Å². The van der Waals surface area contributed by atoms with Crippen LogP contribution in [-0.4, -0.2) is 66.7 Å². The number of carbonyl (C=O) groups excluding carboxylic acids is 2. The molecule has 188 valence electrons. The lowest BCUT2D eigenvalue weighted by Gasteiger charge is -2.41. The van der Waals surface area contributed by atoms with Gasteiger partial charge in [0.05, 0.1) is 11.0 Å². The number of hydrogen-bond acceptors (Lipinski definition) is 5. The van der Waals surface area contributed by atoms with Crippen molar-refractivity contribution in [3.05, 3.63) is 28.3 Å². The van der Waals surface area contributed by atoms with Crippen LogP contribution in [-0.2, 0) is 26.0 Å². The zero-order chi connectivity index (χ0) is 24.5. The van der Waals surface area contributed by atoms with E-state index in [9.17, 15) is 18.0 Å². The molecule has 0 bridgehead atoms. The monoisotopic (exact) mass is 509 g/mol. The molecular formula is C25H36ClN3O4S. The molecule has 2 saturated heterocycles. The van der Waals surface area contributed by atoms with E-state index in [1.807, 2.05) is 13.0 Å². The molecule has 1 aromatic rings. The van der Waals surface area contributed by atoms with Crippen LogP contribution in [0.5, 0.6) is 0 Å². The van der Waals surface area contributed by atoms with Crippen LogP contribution in [0.4, 0.5) is 5.69 Å². The Labute approximate surface area is 208 Å². The Morgan fingerprint density at radius 1 is 1.12 bits per heavy atom. The Morgan fingerprint density at radius 2 is 1.85 bits per heavy atom. The first-order valence-corrected chi connectivity index (χ1v) is 14.6. The summed E-state index contributed by atoms with van der Waals surface area (Å²) < 4.78 is 24.2. The number of carbonyl (C=O) groups is 2. The molecule has 0 radical (unpaired) electrons. The van der Waals surface area contributed by atoms with Crippen molar-refractivity contribution in [1.29, 1.82) is 0 Å². The van der Waals surface area contributed by atoms with E-state index in [4.69, 9.17) is 11.6 Å². The molecule has 1 N–H and O–H groups in total. The van der Waals surface area contributed by atoms with E-state index < -0.39 is 15.1 Å². The molecule has 9 heteroatoms. The van der Waals surface area contributed by atoms with Crippen LogP contribution < -0.4 is 5.32 Å². The largest absolute Gasteiger partial charge is 0.337 e. The number of anilines is 1. The van der Waals surface area contributed by atoms with E-state index in [1.165, 1.54) is 0 Å². The molecule has 2 atom stereocenters. The summed E-state index contributed by atoms with van der Waals surface area (Å²) in [6.45, 7) is 7.09. The number of rotatable bonds is 6. The molecule has 1 saturated carbocycles. The molecule has 1 unspecified atom stereocenters. The molecule has 2 aliphatic heterocycles. The van der Waals surface area contributed by atoms with Crippen molar-refractivity contribution in [3.8, 4) is 0 Å². The van der Waals surface area contributed by atoms with Crippen molar-refractivity contribution in [3.63, 3.8) is 0 Å². The van der Waals surface area contributed by atoms with Gasteiger partial charge in [-0.2, -0.15) is 0 Å². The number of piperazine rings is 1. The number of nitrogens with one attached hydrogen (secondary N) is 1. The summed E-state index contributed by atoms with van der Waals surface area (Å²) in [5.41, 5.74) is 2.59. The van der Waals surface area contributed by atoms with Crippen molar-refractivity contribution in [1.82, 2.24) is 9.80 Å². The Kier molecular flexibility index (Phi) is 7.89. The predicted octanol–water partition coefficient (Wildman–Crippen LogP) is 3.78. The molecule has 2 amide bonds. The maximum Gasteiger partial charge on any atom is 0.226 e. The van der Waals surface area contributed by atoms with Crippen LogP contribution in [0.3, 0.4) is 0 Å². The molecule has 2 heterocycles. The van der Waals surface area contributed by atoms with Crippen LogP contribution in [0.2, 0.25) is 5.02 Å². The number of sulfone groups is 1. The second-order valence-corrected chi connectivity index (χ2v) is 13.1. The van der Waals surface area contributed by atoms with E-state index in [1.54, 1.807) is 6.07 Å². The fourth-order valence-corrected chi connectivity index (χ4v) is 7.75. The third kappa shape index (κ3) is 5.77. The van der Waals surface area contributed by atoms with Crippen LogP contribution in [0.1, 0.15) is 63.0 Å². The van der Waals surface area contributed by atoms with E-state index in [2.05, 4.69) is 22.0 Å². The average Bonchev–Trinajstić information content (AvgIpc) is 3.41. The van der Waals surface area contributed by atoms with Crippen molar-refractivity contribution < 1.29 is 18.0 Å².